The number of benzene rings is 1. The lowest BCUT2D eigenvalue weighted by Gasteiger charge is -2.19. The van der Waals surface area contributed by atoms with Crippen LogP contribution in [0.5, 0.6) is 0 Å². The number of nitrogens with one attached hydrogen (secondary N) is 1. The molecule has 0 aliphatic rings. The molecule has 0 bridgehead atoms. The summed E-state index contributed by atoms with van der Waals surface area (Å²) in [4.78, 5) is 0. The van der Waals surface area contributed by atoms with Gasteiger partial charge in [-0.25, -0.2) is 0 Å². The van der Waals surface area contributed by atoms with Gasteiger partial charge in [0.2, 0.25) is 0 Å². The zero-order valence-corrected chi connectivity index (χ0v) is 11.2. The number of hydrogen-bond donors (Lipinski definition) is 2. The summed E-state index contributed by atoms with van der Waals surface area (Å²) in [6, 6.07) is 6.33. The van der Waals surface area contributed by atoms with Crippen LogP contribution in [-0.4, -0.2) is 12.1 Å². The molecule has 1 rings (SSSR count). The van der Waals surface area contributed by atoms with Crippen molar-refractivity contribution in [3.8, 4) is 0 Å². The highest BCUT2D eigenvalue weighted by Gasteiger charge is 2.09. The summed E-state index contributed by atoms with van der Waals surface area (Å²) in [6.45, 7) is 7.85. The van der Waals surface area contributed by atoms with Gasteiger partial charge in [0.15, 0.2) is 0 Å². The molecule has 0 aromatic heterocycles. The molecular weight excluding hydrogens is 252 g/mol. The molecule has 0 spiro atoms. The van der Waals surface area contributed by atoms with Gasteiger partial charge in [-0.3, -0.25) is 0 Å². The maximum Gasteiger partial charge on any atom is 0.0223 e. The predicted octanol–water partition coefficient (Wildman–Crippen LogP) is 2.58. The van der Waals surface area contributed by atoms with Crippen LogP contribution in [0.2, 0.25) is 0 Å². The van der Waals surface area contributed by atoms with Crippen molar-refractivity contribution in [3.63, 3.8) is 0 Å². The molecule has 0 fully saturated rings. The fraction of sp³-hybridized carbons (Fsp3) is 0.500. The molecule has 0 amide bonds. The minimum atomic E-state index is -0.153. The van der Waals surface area contributed by atoms with E-state index in [9.17, 15) is 0 Å². The first-order valence-corrected chi connectivity index (χ1v) is 5.92. The minimum Gasteiger partial charge on any atom is -0.324 e. The van der Waals surface area contributed by atoms with Gasteiger partial charge in [-0.2, -0.15) is 0 Å². The molecule has 0 saturated heterocycles. The molecular formula is C12H19BrN2. The Morgan fingerprint density at radius 1 is 1.40 bits per heavy atom. The topological polar surface area (TPSA) is 38.0 Å². The van der Waals surface area contributed by atoms with Crippen LogP contribution < -0.4 is 11.1 Å². The number of hydrogen-bond acceptors (Lipinski definition) is 2. The summed E-state index contributed by atoms with van der Waals surface area (Å²) in [7, 11) is 0. The van der Waals surface area contributed by atoms with Crippen molar-refractivity contribution in [1.82, 2.24) is 5.32 Å². The maximum absolute atomic E-state index is 5.90. The molecule has 0 aliphatic carbocycles. The fourth-order valence-electron chi connectivity index (χ4n) is 1.35. The van der Waals surface area contributed by atoms with E-state index in [0.717, 1.165) is 17.6 Å². The largest absolute Gasteiger partial charge is 0.324 e. The first-order valence-electron chi connectivity index (χ1n) is 5.13. The predicted molar refractivity (Wildman–Crippen MR) is 68.9 cm³/mol. The van der Waals surface area contributed by atoms with E-state index in [0.29, 0.717) is 0 Å². The normalized spacial score (nSPS) is 11.8. The highest BCUT2D eigenvalue weighted by molar-refractivity contribution is 9.10. The lowest BCUT2D eigenvalue weighted by atomic mass is 10.1. The Morgan fingerprint density at radius 2 is 2.07 bits per heavy atom. The summed E-state index contributed by atoms with van der Waals surface area (Å²) < 4.78 is 1.12. The van der Waals surface area contributed by atoms with E-state index >= 15 is 0 Å². The number of nitrogens with two attached hydrogens (primary N) is 1. The summed E-state index contributed by atoms with van der Waals surface area (Å²) in [5, 5.41) is 3.36. The van der Waals surface area contributed by atoms with E-state index in [4.69, 9.17) is 5.73 Å². The Hall–Kier alpha value is -0.380. The van der Waals surface area contributed by atoms with Gasteiger partial charge in [-0.05, 0) is 44.0 Å². The summed E-state index contributed by atoms with van der Waals surface area (Å²) in [5.74, 6) is 0. The number of aryl methyl sites for hydroxylation is 1. The van der Waals surface area contributed by atoms with E-state index in [1.54, 1.807) is 0 Å². The van der Waals surface area contributed by atoms with Crippen LogP contribution >= 0.6 is 15.9 Å². The molecule has 2 nitrogen and oxygen atoms in total. The van der Waals surface area contributed by atoms with Crippen molar-refractivity contribution >= 4 is 15.9 Å². The van der Waals surface area contributed by atoms with Gasteiger partial charge in [-0.1, -0.05) is 22.0 Å². The van der Waals surface area contributed by atoms with Crippen LogP contribution in [-0.2, 0) is 6.54 Å². The lowest BCUT2D eigenvalue weighted by molar-refractivity contribution is 0.466. The maximum atomic E-state index is 5.90. The number of halogens is 1. The number of rotatable bonds is 4. The van der Waals surface area contributed by atoms with Crippen LogP contribution in [0.4, 0.5) is 0 Å². The summed E-state index contributed by atoms with van der Waals surface area (Å²) in [6.07, 6.45) is 0. The van der Waals surface area contributed by atoms with Crippen molar-refractivity contribution in [3.05, 3.63) is 33.8 Å². The SMILES string of the molecule is Cc1ccc(Br)cc1CNCC(C)(C)N. The van der Waals surface area contributed by atoms with Crippen LogP contribution in [0.3, 0.4) is 0 Å². The molecule has 0 unspecified atom stereocenters. The molecule has 84 valence electrons. The Morgan fingerprint density at radius 3 is 2.67 bits per heavy atom. The van der Waals surface area contributed by atoms with Gasteiger partial charge < -0.3 is 11.1 Å². The van der Waals surface area contributed by atoms with Crippen LogP contribution in [0, 0.1) is 6.92 Å². The highest BCUT2D eigenvalue weighted by Crippen LogP contribution is 2.15. The monoisotopic (exact) mass is 270 g/mol. The van der Waals surface area contributed by atoms with Crippen molar-refractivity contribution < 1.29 is 0 Å². The van der Waals surface area contributed by atoms with E-state index in [-0.39, 0.29) is 5.54 Å². The Labute approximate surface area is 100 Å². The first kappa shape index (κ1) is 12.7. The molecule has 3 heteroatoms. The van der Waals surface area contributed by atoms with Crippen LogP contribution in [0.25, 0.3) is 0 Å². The van der Waals surface area contributed by atoms with Gasteiger partial charge in [0.1, 0.15) is 0 Å². The van der Waals surface area contributed by atoms with Crippen molar-refractivity contribution in [1.29, 1.82) is 0 Å². The standard InChI is InChI=1S/C12H19BrN2/c1-9-4-5-11(13)6-10(9)7-15-8-12(2,3)14/h4-6,15H,7-8,14H2,1-3H3. The summed E-state index contributed by atoms with van der Waals surface area (Å²) in [5.41, 5.74) is 8.36. The van der Waals surface area contributed by atoms with E-state index in [1.807, 2.05) is 13.8 Å². The average molecular weight is 271 g/mol. The Kier molecular flexibility index (Phi) is 4.32. The molecule has 0 aliphatic heterocycles. The zero-order chi connectivity index (χ0) is 11.5. The fourth-order valence-corrected chi connectivity index (χ4v) is 1.76. The second kappa shape index (κ2) is 5.10. The highest BCUT2D eigenvalue weighted by atomic mass is 79.9. The lowest BCUT2D eigenvalue weighted by Crippen LogP contribution is -2.42. The Balaban J connectivity index is 2.54. The minimum absolute atomic E-state index is 0.153. The van der Waals surface area contributed by atoms with E-state index in [1.165, 1.54) is 11.1 Å². The molecule has 3 N–H and O–H groups in total. The van der Waals surface area contributed by atoms with Gasteiger partial charge in [0, 0.05) is 23.1 Å². The molecule has 0 radical (unpaired) electrons. The molecule has 1 aromatic carbocycles. The summed E-state index contributed by atoms with van der Waals surface area (Å²) >= 11 is 3.48. The van der Waals surface area contributed by atoms with Crippen molar-refractivity contribution in [2.45, 2.75) is 32.9 Å². The first-order chi connectivity index (χ1) is 6.88. The molecule has 1 aromatic rings. The van der Waals surface area contributed by atoms with Gasteiger partial charge in [-0.15, -0.1) is 0 Å². The quantitative estimate of drug-likeness (QED) is 0.883. The van der Waals surface area contributed by atoms with Crippen LogP contribution in [0.1, 0.15) is 25.0 Å². The average Bonchev–Trinajstić information content (AvgIpc) is 2.09. The Bertz CT molecular complexity index is 329. The zero-order valence-electron chi connectivity index (χ0n) is 9.60. The third kappa shape index (κ3) is 4.78. The van der Waals surface area contributed by atoms with Gasteiger partial charge in [0.25, 0.3) is 0 Å². The van der Waals surface area contributed by atoms with E-state index in [2.05, 4.69) is 46.4 Å². The second-order valence-electron chi connectivity index (χ2n) is 4.66. The third-order valence-corrected chi connectivity index (χ3v) is 2.70. The van der Waals surface area contributed by atoms with Crippen molar-refractivity contribution in [2.75, 3.05) is 6.54 Å². The second-order valence-corrected chi connectivity index (χ2v) is 5.58. The molecule has 15 heavy (non-hydrogen) atoms. The molecule has 0 heterocycles. The van der Waals surface area contributed by atoms with E-state index < -0.39 is 0 Å². The third-order valence-electron chi connectivity index (χ3n) is 2.21. The molecule has 0 atom stereocenters. The van der Waals surface area contributed by atoms with Gasteiger partial charge in [0.05, 0.1) is 0 Å². The van der Waals surface area contributed by atoms with Gasteiger partial charge >= 0.3 is 0 Å². The van der Waals surface area contributed by atoms with Crippen molar-refractivity contribution in [2.24, 2.45) is 5.73 Å². The smallest absolute Gasteiger partial charge is 0.0223 e. The van der Waals surface area contributed by atoms with Crippen LogP contribution in [0.15, 0.2) is 22.7 Å². The molecule has 0 saturated carbocycles.